The first-order chi connectivity index (χ1) is 5.93. The van der Waals surface area contributed by atoms with Gasteiger partial charge in [-0.25, -0.2) is 0 Å². The Morgan fingerprint density at radius 3 is 2.92 bits per heavy atom. The molecule has 1 heterocycles. The predicted octanol–water partition coefficient (Wildman–Crippen LogP) is 1.99. The fourth-order valence-corrected chi connectivity index (χ4v) is 1.37. The lowest BCUT2D eigenvalue weighted by Gasteiger charge is -2.10. The molecule has 0 bridgehead atoms. The van der Waals surface area contributed by atoms with E-state index in [-0.39, 0.29) is 6.04 Å². The minimum Gasteiger partial charge on any atom is -0.302 e. The van der Waals surface area contributed by atoms with Crippen molar-refractivity contribution < 1.29 is 0 Å². The van der Waals surface area contributed by atoms with Crippen molar-refractivity contribution in [2.45, 2.75) is 38.1 Å². The van der Waals surface area contributed by atoms with Crippen LogP contribution in [0.2, 0.25) is 0 Å². The van der Waals surface area contributed by atoms with E-state index in [0.717, 1.165) is 19.4 Å². The van der Waals surface area contributed by atoms with Gasteiger partial charge in [-0.05, 0) is 38.6 Å². The van der Waals surface area contributed by atoms with Crippen LogP contribution in [0.3, 0.4) is 0 Å². The van der Waals surface area contributed by atoms with Gasteiger partial charge < -0.3 is 5.32 Å². The second kappa shape index (κ2) is 5.79. The number of hydrogen-bond donors (Lipinski definition) is 1. The average Bonchev–Trinajstić information content (AvgIpc) is 2.14. The topological polar surface area (TPSA) is 35.8 Å². The molecule has 0 aromatic heterocycles. The van der Waals surface area contributed by atoms with E-state index in [1.807, 2.05) is 0 Å². The molecule has 0 fully saturated rings. The summed E-state index contributed by atoms with van der Waals surface area (Å²) in [4.78, 5) is 0. The van der Waals surface area contributed by atoms with Crippen molar-refractivity contribution in [3.05, 3.63) is 12.2 Å². The first kappa shape index (κ1) is 9.28. The number of nitrogens with one attached hydrogen (secondary N) is 1. The van der Waals surface area contributed by atoms with Gasteiger partial charge in [-0.15, -0.1) is 0 Å². The Kier molecular flexibility index (Phi) is 4.48. The minimum atomic E-state index is 0.0627. The molecule has 0 amide bonds. The van der Waals surface area contributed by atoms with Crippen LogP contribution in [0.5, 0.6) is 0 Å². The molecule has 1 rings (SSSR count). The first-order valence-electron chi connectivity index (χ1n) is 4.71. The molecule has 1 unspecified atom stereocenters. The molecule has 1 aliphatic heterocycles. The van der Waals surface area contributed by atoms with Gasteiger partial charge >= 0.3 is 0 Å². The molecule has 1 N–H and O–H groups in total. The largest absolute Gasteiger partial charge is 0.302 e. The molecule has 1 aliphatic rings. The fraction of sp³-hybridized carbons (Fsp3) is 0.700. The van der Waals surface area contributed by atoms with Gasteiger partial charge in [0.2, 0.25) is 0 Å². The smallest absolute Gasteiger partial charge is 0.0955 e. The third kappa shape index (κ3) is 3.54. The van der Waals surface area contributed by atoms with Gasteiger partial charge in [-0.3, -0.25) is 0 Å². The van der Waals surface area contributed by atoms with Crippen LogP contribution < -0.4 is 5.32 Å². The summed E-state index contributed by atoms with van der Waals surface area (Å²) in [7, 11) is 0. The Bertz CT molecular complexity index is 179. The number of nitrogens with zero attached hydrogens (tertiary/aromatic N) is 1. The van der Waals surface area contributed by atoms with Crippen LogP contribution in [0.4, 0.5) is 0 Å². The normalized spacial score (nSPS) is 28.8. The molecular formula is C10H16N2. The van der Waals surface area contributed by atoms with Gasteiger partial charge in [0, 0.05) is 0 Å². The summed E-state index contributed by atoms with van der Waals surface area (Å²) in [6.07, 6.45) is 10.0. The quantitative estimate of drug-likeness (QED) is 0.556. The summed E-state index contributed by atoms with van der Waals surface area (Å²) in [6.45, 7) is 0.992. The lowest BCUT2D eigenvalue weighted by molar-refractivity contribution is 0.541. The number of hydrogen-bond acceptors (Lipinski definition) is 2. The Labute approximate surface area is 74.3 Å². The van der Waals surface area contributed by atoms with E-state index in [4.69, 9.17) is 5.26 Å². The lowest BCUT2D eigenvalue weighted by atomic mass is 10.1. The summed E-state index contributed by atoms with van der Waals surface area (Å²) >= 11 is 0. The van der Waals surface area contributed by atoms with Crippen molar-refractivity contribution in [2.24, 2.45) is 0 Å². The molecule has 12 heavy (non-hydrogen) atoms. The van der Waals surface area contributed by atoms with E-state index in [1.54, 1.807) is 0 Å². The van der Waals surface area contributed by atoms with E-state index in [0.29, 0.717) is 0 Å². The van der Waals surface area contributed by atoms with Crippen LogP contribution in [0, 0.1) is 11.3 Å². The summed E-state index contributed by atoms with van der Waals surface area (Å²) in [6, 6.07) is 2.34. The maximum absolute atomic E-state index is 8.73. The molecule has 0 radical (unpaired) electrons. The van der Waals surface area contributed by atoms with E-state index in [1.165, 1.54) is 19.3 Å². The van der Waals surface area contributed by atoms with Crippen LogP contribution >= 0.6 is 0 Å². The van der Waals surface area contributed by atoms with E-state index >= 15 is 0 Å². The molecule has 0 aromatic rings. The second-order valence-electron chi connectivity index (χ2n) is 3.18. The van der Waals surface area contributed by atoms with Gasteiger partial charge in [0.1, 0.15) is 0 Å². The summed E-state index contributed by atoms with van der Waals surface area (Å²) in [5, 5.41) is 12.0. The van der Waals surface area contributed by atoms with Gasteiger partial charge in [0.05, 0.1) is 12.1 Å². The Morgan fingerprint density at radius 2 is 2.08 bits per heavy atom. The minimum absolute atomic E-state index is 0.0627. The SMILES string of the molecule is N#CC1CC/C=C\CCCCN1. The number of nitriles is 1. The average molecular weight is 164 g/mol. The van der Waals surface area contributed by atoms with E-state index < -0.39 is 0 Å². The zero-order valence-electron chi connectivity index (χ0n) is 7.42. The monoisotopic (exact) mass is 164 g/mol. The Morgan fingerprint density at radius 1 is 1.25 bits per heavy atom. The number of rotatable bonds is 0. The molecule has 0 spiro atoms. The highest BCUT2D eigenvalue weighted by Gasteiger charge is 2.04. The van der Waals surface area contributed by atoms with Gasteiger partial charge in [0.15, 0.2) is 0 Å². The molecule has 0 saturated heterocycles. The van der Waals surface area contributed by atoms with Crippen molar-refractivity contribution in [1.82, 2.24) is 5.32 Å². The summed E-state index contributed by atoms with van der Waals surface area (Å²) in [5.74, 6) is 0. The molecule has 66 valence electrons. The molecular weight excluding hydrogens is 148 g/mol. The summed E-state index contributed by atoms with van der Waals surface area (Å²) in [5.41, 5.74) is 0. The van der Waals surface area contributed by atoms with Gasteiger partial charge in [0.25, 0.3) is 0 Å². The predicted molar refractivity (Wildman–Crippen MR) is 49.6 cm³/mol. The van der Waals surface area contributed by atoms with Crippen LogP contribution in [-0.2, 0) is 0 Å². The van der Waals surface area contributed by atoms with Gasteiger partial charge in [-0.1, -0.05) is 12.2 Å². The lowest BCUT2D eigenvalue weighted by Crippen LogP contribution is -2.28. The van der Waals surface area contributed by atoms with Crippen molar-refractivity contribution >= 4 is 0 Å². The molecule has 0 aromatic carbocycles. The van der Waals surface area contributed by atoms with Crippen LogP contribution in [0.25, 0.3) is 0 Å². The van der Waals surface area contributed by atoms with Crippen molar-refractivity contribution in [3.8, 4) is 6.07 Å². The van der Waals surface area contributed by atoms with Gasteiger partial charge in [-0.2, -0.15) is 5.26 Å². The van der Waals surface area contributed by atoms with Crippen LogP contribution in [0.15, 0.2) is 12.2 Å². The highest BCUT2D eigenvalue weighted by Crippen LogP contribution is 2.03. The number of allylic oxidation sites excluding steroid dienone is 2. The third-order valence-corrected chi connectivity index (χ3v) is 2.13. The zero-order chi connectivity index (χ0) is 8.65. The first-order valence-corrected chi connectivity index (χ1v) is 4.71. The van der Waals surface area contributed by atoms with Crippen molar-refractivity contribution in [2.75, 3.05) is 6.54 Å². The molecule has 0 aliphatic carbocycles. The molecule has 1 atom stereocenters. The highest BCUT2D eigenvalue weighted by molar-refractivity contribution is 4.93. The maximum Gasteiger partial charge on any atom is 0.0955 e. The Hall–Kier alpha value is -0.810. The third-order valence-electron chi connectivity index (χ3n) is 2.13. The van der Waals surface area contributed by atoms with E-state index in [2.05, 4.69) is 23.5 Å². The highest BCUT2D eigenvalue weighted by atomic mass is 14.9. The Balaban J connectivity index is 2.34. The molecule has 2 nitrogen and oxygen atoms in total. The van der Waals surface area contributed by atoms with E-state index in [9.17, 15) is 0 Å². The van der Waals surface area contributed by atoms with Crippen LogP contribution in [0.1, 0.15) is 32.1 Å². The zero-order valence-corrected chi connectivity index (χ0v) is 7.42. The second-order valence-corrected chi connectivity index (χ2v) is 3.18. The molecule has 2 heteroatoms. The van der Waals surface area contributed by atoms with Crippen molar-refractivity contribution in [3.63, 3.8) is 0 Å². The van der Waals surface area contributed by atoms with Crippen LogP contribution in [-0.4, -0.2) is 12.6 Å². The molecule has 0 saturated carbocycles. The van der Waals surface area contributed by atoms with Crippen molar-refractivity contribution in [1.29, 1.82) is 5.26 Å². The fourth-order valence-electron chi connectivity index (χ4n) is 1.37. The standard InChI is InChI=1S/C10H16N2/c11-9-10-7-5-3-1-2-4-6-8-12-10/h1,3,10,12H,2,4-8H2/b3-1-. The maximum atomic E-state index is 8.73. The summed E-state index contributed by atoms with van der Waals surface area (Å²) < 4.78 is 0.